The molecule has 2 heterocycles. The topological polar surface area (TPSA) is 63.5 Å². The molecule has 5 nitrogen and oxygen atoms in total. The van der Waals surface area contributed by atoms with Crippen LogP contribution in [-0.2, 0) is 17.6 Å². The van der Waals surface area contributed by atoms with Crippen molar-refractivity contribution < 1.29 is 9.72 Å². The fourth-order valence-corrected chi connectivity index (χ4v) is 3.09. The zero-order valence-electron chi connectivity index (χ0n) is 10.6. The summed E-state index contributed by atoms with van der Waals surface area (Å²) in [6, 6.07) is 8.57. The number of carbonyl (C=O) groups excluding carboxylic acids is 1. The summed E-state index contributed by atoms with van der Waals surface area (Å²) in [6.45, 7) is 0.598. The summed E-state index contributed by atoms with van der Waals surface area (Å²) in [6.07, 6.45) is 1.10. The molecule has 2 aromatic rings. The molecule has 1 aromatic carbocycles. The van der Waals surface area contributed by atoms with Gasteiger partial charge in [0.05, 0.1) is 17.0 Å². The quantitative estimate of drug-likeness (QED) is 0.644. The smallest absolute Gasteiger partial charge is 0.271 e. The molecule has 20 heavy (non-hydrogen) atoms. The molecule has 0 bridgehead atoms. The number of amides is 1. The van der Waals surface area contributed by atoms with Crippen LogP contribution < -0.4 is 4.90 Å². The largest absolute Gasteiger partial charge is 0.311 e. The standard InChI is InChI=1S/C14H12N2O3S/c17-14(9-12-2-1-7-20-12)15-6-5-10-3-4-11(16(18)19)8-13(10)15/h1-4,7-8H,5-6,9H2. The molecule has 1 aromatic heterocycles. The minimum Gasteiger partial charge on any atom is -0.311 e. The third-order valence-electron chi connectivity index (χ3n) is 3.38. The lowest BCUT2D eigenvalue weighted by Crippen LogP contribution is -2.30. The number of hydrogen-bond donors (Lipinski definition) is 0. The summed E-state index contributed by atoms with van der Waals surface area (Å²) in [5, 5.41) is 12.8. The number of anilines is 1. The molecule has 0 atom stereocenters. The molecule has 3 rings (SSSR count). The van der Waals surface area contributed by atoms with E-state index in [1.165, 1.54) is 12.1 Å². The molecule has 0 unspecified atom stereocenters. The molecule has 6 heteroatoms. The highest BCUT2D eigenvalue weighted by Gasteiger charge is 2.26. The monoisotopic (exact) mass is 288 g/mol. The molecular weight excluding hydrogens is 276 g/mol. The Bertz CT molecular complexity index is 667. The molecule has 0 radical (unpaired) electrons. The summed E-state index contributed by atoms with van der Waals surface area (Å²) >= 11 is 1.54. The molecule has 102 valence electrons. The van der Waals surface area contributed by atoms with Gasteiger partial charge in [-0.25, -0.2) is 0 Å². The second-order valence-corrected chi connectivity index (χ2v) is 5.65. The lowest BCUT2D eigenvalue weighted by atomic mass is 10.1. The first kappa shape index (κ1) is 12.8. The second kappa shape index (κ2) is 5.05. The van der Waals surface area contributed by atoms with Crippen LogP contribution in [0.5, 0.6) is 0 Å². The van der Waals surface area contributed by atoms with Crippen LogP contribution in [0.2, 0.25) is 0 Å². The van der Waals surface area contributed by atoms with Crippen molar-refractivity contribution in [3.63, 3.8) is 0 Å². The van der Waals surface area contributed by atoms with Crippen molar-refractivity contribution >= 4 is 28.6 Å². The number of nitro groups is 1. The molecule has 1 amide bonds. The van der Waals surface area contributed by atoms with Crippen molar-refractivity contribution in [3.05, 3.63) is 56.3 Å². The maximum Gasteiger partial charge on any atom is 0.271 e. The van der Waals surface area contributed by atoms with Gasteiger partial charge in [-0.2, -0.15) is 0 Å². The van der Waals surface area contributed by atoms with Crippen molar-refractivity contribution in [2.24, 2.45) is 0 Å². The molecule has 1 aliphatic rings. The van der Waals surface area contributed by atoms with Gasteiger partial charge in [0.1, 0.15) is 0 Å². The molecule has 0 saturated heterocycles. The van der Waals surface area contributed by atoms with Crippen LogP contribution in [0.3, 0.4) is 0 Å². The van der Waals surface area contributed by atoms with E-state index in [-0.39, 0.29) is 11.6 Å². The van der Waals surface area contributed by atoms with E-state index >= 15 is 0 Å². The second-order valence-electron chi connectivity index (χ2n) is 4.62. The Balaban J connectivity index is 1.86. The van der Waals surface area contributed by atoms with Gasteiger partial charge in [0, 0.05) is 23.6 Å². The Labute approximate surface area is 119 Å². The molecule has 0 saturated carbocycles. The summed E-state index contributed by atoms with van der Waals surface area (Å²) in [5.74, 6) is -0.00769. The number of non-ortho nitro benzene ring substituents is 1. The van der Waals surface area contributed by atoms with Gasteiger partial charge in [-0.3, -0.25) is 14.9 Å². The molecule has 0 fully saturated rings. The van der Waals surface area contributed by atoms with Crippen LogP contribution in [0.15, 0.2) is 35.7 Å². The van der Waals surface area contributed by atoms with Crippen molar-refractivity contribution in [2.45, 2.75) is 12.8 Å². The third-order valence-corrected chi connectivity index (χ3v) is 4.26. The van der Waals surface area contributed by atoms with E-state index < -0.39 is 4.92 Å². The van der Waals surface area contributed by atoms with E-state index in [1.54, 1.807) is 22.3 Å². The summed E-state index contributed by atoms with van der Waals surface area (Å²) in [5.41, 5.74) is 1.70. The van der Waals surface area contributed by atoms with Gasteiger partial charge >= 0.3 is 0 Å². The fourth-order valence-electron chi connectivity index (χ4n) is 2.40. The van der Waals surface area contributed by atoms with Gasteiger partial charge in [-0.1, -0.05) is 12.1 Å². The number of thiophene rings is 1. The average molecular weight is 288 g/mol. The van der Waals surface area contributed by atoms with E-state index in [0.29, 0.717) is 18.7 Å². The predicted molar refractivity (Wildman–Crippen MR) is 77.2 cm³/mol. The first-order valence-corrected chi connectivity index (χ1v) is 7.13. The molecule has 1 aliphatic heterocycles. The van der Waals surface area contributed by atoms with Crippen molar-refractivity contribution in [1.29, 1.82) is 0 Å². The Morgan fingerprint density at radius 1 is 1.40 bits per heavy atom. The Morgan fingerprint density at radius 2 is 2.25 bits per heavy atom. The summed E-state index contributed by atoms with van der Waals surface area (Å²) in [4.78, 5) is 25.4. The number of hydrogen-bond acceptors (Lipinski definition) is 4. The van der Waals surface area contributed by atoms with Crippen LogP contribution in [0, 0.1) is 10.1 Å². The molecule has 0 N–H and O–H groups in total. The molecule has 0 spiro atoms. The van der Waals surface area contributed by atoms with Crippen molar-refractivity contribution in [3.8, 4) is 0 Å². The SMILES string of the molecule is O=C(Cc1cccs1)N1CCc2ccc([N+](=O)[O-])cc21. The van der Waals surface area contributed by atoms with Gasteiger partial charge in [0.25, 0.3) is 5.69 Å². The van der Waals surface area contributed by atoms with E-state index in [4.69, 9.17) is 0 Å². The summed E-state index contributed by atoms with van der Waals surface area (Å²) < 4.78 is 0. The zero-order valence-corrected chi connectivity index (χ0v) is 11.4. The number of fused-ring (bicyclic) bond motifs is 1. The average Bonchev–Trinajstić information content (AvgIpc) is 3.06. The van der Waals surface area contributed by atoms with Crippen LogP contribution >= 0.6 is 11.3 Å². The Kier molecular flexibility index (Phi) is 3.23. The van der Waals surface area contributed by atoms with E-state index in [0.717, 1.165) is 16.9 Å². The van der Waals surface area contributed by atoms with Gasteiger partial charge < -0.3 is 4.90 Å². The van der Waals surface area contributed by atoms with E-state index in [9.17, 15) is 14.9 Å². The maximum absolute atomic E-state index is 12.3. The Morgan fingerprint density at radius 3 is 2.95 bits per heavy atom. The number of carbonyl (C=O) groups is 1. The minimum atomic E-state index is -0.430. The maximum atomic E-state index is 12.3. The van der Waals surface area contributed by atoms with Crippen LogP contribution in [0.4, 0.5) is 11.4 Å². The van der Waals surface area contributed by atoms with Gasteiger partial charge in [0.2, 0.25) is 5.91 Å². The highest BCUT2D eigenvalue weighted by molar-refractivity contribution is 7.10. The van der Waals surface area contributed by atoms with Gasteiger partial charge in [-0.15, -0.1) is 11.3 Å². The third kappa shape index (κ3) is 2.30. The predicted octanol–water partition coefficient (Wildman–Crippen LogP) is 2.79. The first-order chi connectivity index (χ1) is 9.65. The number of rotatable bonds is 3. The van der Waals surface area contributed by atoms with Crippen LogP contribution in [-0.4, -0.2) is 17.4 Å². The molecular formula is C14H12N2O3S. The lowest BCUT2D eigenvalue weighted by molar-refractivity contribution is -0.384. The first-order valence-electron chi connectivity index (χ1n) is 6.25. The normalized spacial score (nSPS) is 13.3. The zero-order chi connectivity index (χ0) is 14.1. The number of nitrogens with zero attached hydrogens (tertiary/aromatic N) is 2. The highest BCUT2D eigenvalue weighted by Crippen LogP contribution is 2.32. The van der Waals surface area contributed by atoms with Gasteiger partial charge in [0.15, 0.2) is 0 Å². The van der Waals surface area contributed by atoms with Crippen molar-refractivity contribution in [2.75, 3.05) is 11.4 Å². The fraction of sp³-hybridized carbons (Fsp3) is 0.214. The number of nitro benzene ring substituents is 1. The summed E-state index contributed by atoms with van der Waals surface area (Å²) in [7, 11) is 0. The Hall–Kier alpha value is -2.21. The van der Waals surface area contributed by atoms with Crippen LogP contribution in [0.25, 0.3) is 0 Å². The van der Waals surface area contributed by atoms with Crippen molar-refractivity contribution in [1.82, 2.24) is 0 Å². The van der Waals surface area contributed by atoms with E-state index in [2.05, 4.69) is 0 Å². The lowest BCUT2D eigenvalue weighted by Gasteiger charge is -2.16. The van der Waals surface area contributed by atoms with Crippen LogP contribution in [0.1, 0.15) is 10.4 Å². The minimum absolute atomic E-state index is 0.00769. The van der Waals surface area contributed by atoms with E-state index in [1.807, 2.05) is 17.5 Å². The number of benzene rings is 1. The van der Waals surface area contributed by atoms with Gasteiger partial charge in [-0.05, 0) is 23.4 Å². The highest BCUT2D eigenvalue weighted by atomic mass is 32.1. The molecule has 0 aliphatic carbocycles.